The summed E-state index contributed by atoms with van der Waals surface area (Å²) in [6.07, 6.45) is 1.43. The van der Waals surface area contributed by atoms with E-state index >= 15 is 0 Å². The molecule has 1 aromatic carbocycles. The number of carbonyl (C=O) groups excluding carboxylic acids is 1. The van der Waals surface area contributed by atoms with Gasteiger partial charge in [0.25, 0.3) is 0 Å². The lowest BCUT2D eigenvalue weighted by atomic mass is 10.0. The highest BCUT2D eigenvalue weighted by molar-refractivity contribution is 5.68. The number of rotatable bonds is 5. The normalized spacial score (nSPS) is 14.4. The minimum atomic E-state index is -0.225. The van der Waals surface area contributed by atoms with Gasteiger partial charge in [0.2, 0.25) is 0 Å². The van der Waals surface area contributed by atoms with E-state index in [0.29, 0.717) is 30.6 Å². The van der Waals surface area contributed by atoms with Crippen molar-refractivity contribution in [3.05, 3.63) is 18.2 Å². The summed E-state index contributed by atoms with van der Waals surface area (Å²) in [6, 6.07) is 6.06. The first-order valence-electron chi connectivity index (χ1n) is 8.98. The molecule has 1 aliphatic rings. The predicted molar refractivity (Wildman–Crippen MR) is 101 cm³/mol. The van der Waals surface area contributed by atoms with Crippen LogP contribution in [-0.2, 0) is 4.74 Å². The molecule has 0 aliphatic carbocycles. The van der Waals surface area contributed by atoms with E-state index in [1.165, 1.54) is 0 Å². The second-order valence-electron chi connectivity index (χ2n) is 5.88. The molecule has 25 heavy (non-hydrogen) atoms. The molecule has 1 heterocycles. The van der Waals surface area contributed by atoms with Crippen LogP contribution < -0.4 is 14.8 Å². The Balaban J connectivity index is 0.00000151. The number of methoxy groups -OCH3 is 2. The van der Waals surface area contributed by atoms with Crippen LogP contribution in [0.3, 0.4) is 0 Å². The van der Waals surface area contributed by atoms with E-state index in [4.69, 9.17) is 14.2 Å². The zero-order valence-corrected chi connectivity index (χ0v) is 16.3. The number of amides is 1. The fraction of sp³-hybridized carbons (Fsp3) is 0.632. The van der Waals surface area contributed by atoms with Crippen molar-refractivity contribution in [2.45, 2.75) is 52.7 Å². The number of ether oxygens (including phenoxy) is 3. The molecule has 0 radical (unpaired) electrons. The Morgan fingerprint density at radius 2 is 1.80 bits per heavy atom. The first-order valence-corrected chi connectivity index (χ1v) is 8.98. The maximum atomic E-state index is 11.9. The number of hydrogen-bond acceptors (Lipinski definition) is 5. The van der Waals surface area contributed by atoms with Gasteiger partial charge in [0.1, 0.15) is 0 Å². The first-order chi connectivity index (χ1) is 12.0. The number of piperidine rings is 1. The minimum absolute atomic E-state index is 0.0839. The monoisotopic (exact) mass is 352 g/mol. The van der Waals surface area contributed by atoms with Gasteiger partial charge >= 0.3 is 6.09 Å². The van der Waals surface area contributed by atoms with Crippen LogP contribution in [0, 0.1) is 0 Å². The van der Waals surface area contributed by atoms with E-state index < -0.39 is 0 Å². The number of nitrogens with zero attached hydrogens (tertiary/aromatic N) is 1. The van der Waals surface area contributed by atoms with E-state index in [1.807, 2.05) is 45.9 Å². The largest absolute Gasteiger partial charge is 0.493 e. The molecule has 6 heteroatoms. The second-order valence-corrected chi connectivity index (χ2v) is 5.88. The molecule has 1 amide bonds. The number of benzene rings is 1. The summed E-state index contributed by atoms with van der Waals surface area (Å²) in [6.45, 7) is 9.10. The Morgan fingerprint density at radius 3 is 2.32 bits per heavy atom. The summed E-state index contributed by atoms with van der Waals surface area (Å²) >= 11 is 0. The number of carbonyl (C=O) groups is 1. The lowest BCUT2D eigenvalue weighted by Crippen LogP contribution is -2.43. The molecule has 1 aromatic rings. The van der Waals surface area contributed by atoms with E-state index in [0.717, 1.165) is 18.5 Å². The van der Waals surface area contributed by atoms with Crippen molar-refractivity contribution in [2.24, 2.45) is 0 Å². The van der Waals surface area contributed by atoms with Crippen LogP contribution >= 0.6 is 0 Å². The number of anilines is 1. The molecule has 1 aliphatic heterocycles. The fourth-order valence-electron chi connectivity index (χ4n) is 2.70. The molecule has 142 valence electrons. The molecule has 1 saturated heterocycles. The second kappa shape index (κ2) is 10.7. The van der Waals surface area contributed by atoms with E-state index in [9.17, 15) is 4.79 Å². The molecular formula is C19H32N2O4. The molecule has 0 saturated carbocycles. The molecule has 0 spiro atoms. The van der Waals surface area contributed by atoms with Crippen LogP contribution in [0.2, 0.25) is 0 Å². The Morgan fingerprint density at radius 1 is 1.16 bits per heavy atom. The standard InChI is InChI=1S/C17H26N2O4.C2H6/c1-12(2)23-17(20)19-10-8-13(9-11-19)18-14-6-5-7-15(21-3)16(14)22-4;1-2/h5-7,12-13,18H,8-11H2,1-4H3;1-2H3. The summed E-state index contributed by atoms with van der Waals surface area (Å²) in [5.41, 5.74) is 0.912. The number of para-hydroxylation sites is 1. The molecule has 1 fully saturated rings. The third kappa shape index (κ3) is 6.03. The van der Waals surface area contributed by atoms with Crippen molar-refractivity contribution >= 4 is 11.8 Å². The van der Waals surface area contributed by atoms with Gasteiger partial charge < -0.3 is 24.4 Å². The van der Waals surface area contributed by atoms with Gasteiger partial charge in [-0.05, 0) is 38.8 Å². The lowest BCUT2D eigenvalue weighted by Gasteiger charge is -2.33. The minimum Gasteiger partial charge on any atom is -0.493 e. The van der Waals surface area contributed by atoms with Crippen molar-refractivity contribution in [3.63, 3.8) is 0 Å². The van der Waals surface area contributed by atoms with Crippen LogP contribution in [0.4, 0.5) is 10.5 Å². The van der Waals surface area contributed by atoms with Gasteiger partial charge in [-0.2, -0.15) is 0 Å². The topological polar surface area (TPSA) is 60.0 Å². The van der Waals surface area contributed by atoms with Gasteiger partial charge in [0.15, 0.2) is 11.5 Å². The Bertz CT molecular complexity index is 526. The third-order valence-electron chi connectivity index (χ3n) is 3.85. The molecule has 2 rings (SSSR count). The molecular weight excluding hydrogens is 320 g/mol. The summed E-state index contributed by atoms with van der Waals surface area (Å²) in [5, 5.41) is 3.49. The number of hydrogen-bond donors (Lipinski definition) is 1. The van der Waals surface area contributed by atoms with Gasteiger partial charge in [0, 0.05) is 19.1 Å². The maximum Gasteiger partial charge on any atom is 0.410 e. The van der Waals surface area contributed by atoms with Crippen molar-refractivity contribution in [3.8, 4) is 11.5 Å². The van der Waals surface area contributed by atoms with E-state index in [-0.39, 0.29) is 12.2 Å². The Hall–Kier alpha value is -2.11. The van der Waals surface area contributed by atoms with Crippen LogP contribution in [0.5, 0.6) is 11.5 Å². The van der Waals surface area contributed by atoms with Gasteiger partial charge in [-0.3, -0.25) is 0 Å². The summed E-state index contributed by atoms with van der Waals surface area (Å²) in [5.74, 6) is 1.41. The summed E-state index contributed by atoms with van der Waals surface area (Å²) in [4.78, 5) is 13.7. The average Bonchev–Trinajstić information content (AvgIpc) is 2.63. The number of likely N-dealkylation sites (tertiary alicyclic amines) is 1. The highest BCUT2D eigenvalue weighted by atomic mass is 16.6. The van der Waals surface area contributed by atoms with Gasteiger partial charge in [-0.1, -0.05) is 19.9 Å². The van der Waals surface area contributed by atoms with E-state index in [1.54, 1.807) is 19.1 Å². The third-order valence-corrected chi connectivity index (χ3v) is 3.85. The number of nitrogens with one attached hydrogen (secondary N) is 1. The summed E-state index contributed by atoms with van der Waals surface area (Å²) < 4.78 is 16.0. The lowest BCUT2D eigenvalue weighted by molar-refractivity contribution is 0.0701. The van der Waals surface area contributed by atoms with Crippen LogP contribution in [-0.4, -0.2) is 50.4 Å². The van der Waals surface area contributed by atoms with Crippen molar-refractivity contribution in [1.82, 2.24) is 4.90 Å². The molecule has 0 atom stereocenters. The quantitative estimate of drug-likeness (QED) is 0.862. The molecule has 0 bridgehead atoms. The van der Waals surface area contributed by atoms with Crippen LogP contribution in [0.25, 0.3) is 0 Å². The Labute approximate surface area is 151 Å². The fourth-order valence-corrected chi connectivity index (χ4v) is 2.70. The first kappa shape index (κ1) is 20.9. The van der Waals surface area contributed by atoms with Crippen molar-refractivity contribution in [1.29, 1.82) is 0 Å². The van der Waals surface area contributed by atoms with Gasteiger partial charge in [0.05, 0.1) is 26.0 Å². The molecule has 6 nitrogen and oxygen atoms in total. The highest BCUT2D eigenvalue weighted by Crippen LogP contribution is 2.35. The summed E-state index contributed by atoms with van der Waals surface area (Å²) in [7, 11) is 3.26. The van der Waals surface area contributed by atoms with Gasteiger partial charge in [-0.25, -0.2) is 4.79 Å². The smallest absolute Gasteiger partial charge is 0.410 e. The van der Waals surface area contributed by atoms with E-state index in [2.05, 4.69) is 5.32 Å². The zero-order chi connectivity index (χ0) is 18.8. The van der Waals surface area contributed by atoms with Gasteiger partial charge in [-0.15, -0.1) is 0 Å². The molecule has 0 aromatic heterocycles. The molecule has 0 unspecified atom stereocenters. The Kier molecular flexibility index (Phi) is 8.95. The van der Waals surface area contributed by atoms with Crippen LogP contribution in [0.1, 0.15) is 40.5 Å². The van der Waals surface area contributed by atoms with Crippen molar-refractivity contribution in [2.75, 3.05) is 32.6 Å². The zero-order valence-electron chi connectivity index (χ0n) is 16.3. The van der Waals surface area contributed by atoms with Crippen molar-refractivity contribution < 1.29 is 19.0 Å². The predicted octanol–water partition coefficient (Wildman–Crippen LogP) is 4.15. The molecule has 1 N–H and O–H groups in total. The highest BCUT2D eigenvalue weighted by Gasteiger charge is 2.25. The maximum absolute atomic E-state index is 11.9. The average molecular weight is 352 g/mol. The SMILES string of the molecule is CC.COc1cccc(NC2CCN(C(=O)OC(C)C)CC2)c1OC. The van der Waals surface area contributed by atoms with Crippen LogP contribution in [0.15, 0.2) is 18.2 Å².